The molecule has 2 aliphatic rings. The molecule has 1 aliphatic heterocycles. The molecule has 0 spiro atoms. The average molecular weight is 630 g/mol. The number of aromatic nitrogens is 1. The summed E-state index contributed by atoms with van der Waals surface area (Å²) in [6.07, 6.45) is 5.32. The van der Waals surface area contributed by atoms with Gasteiger partial charge in [0.2, 0.25) is 0 Å². The number of hydrogen-bond donors (Lipinski definition) is 1. The van der Waals surface area contributed by atoms with E-state index in [9.17, 15) is 9.59 Å². The number of halogens is 1. The van der Waals surface area contributed by atoms with Crippen molar-refractivity contribution in [1.82, 2.24) is 9.88 Å². The van der Waals surface area contributed by atoms with E-state index in [1.165, 1.54) is 0 Å². The van der Waals surface area contributed by atoms with Crippen molar-refractivity contribution in [3.8, 4) is 22.8 Å². The summed E-state index contributed by atoms with van der Waals surface area (Å²) < 4.78 is 38.9. The Balaban J connectivity index is 1.38. The molecule has 1 aliphatic carbocycles. The monoisotopic (exact) mass is 629 g/mol. The first kappa shape index (κ1) is 31.4. The topological polar surface area (TPSA) is 103 Å². The molecule has 3 heterocycles. The number of amides is 1. The van der Waals surface area contributed by atoms with Gasteiger partial charge in [-0.25, -0.2) is 9.37 Å². The standard InChI is InChI=1S/C36H40FN3O6/c1-36(2,3)46-30(41)16-21-10-6-8-12-27(21)38-34-32(37)25-19-40(18-22-14-15-23(43-4)17-29(22)44-5)35(42)31(25)33(39-34)26-20-45-28-13-9-7-11-24(26)28/h7,9,11,13-15,17,20-21,27H,6,8,10,12,16,18-19H2,1-5H3,(H,38,39)/t21-,27-/m1/s1. The Morgan fingerprint density at radius 1 is 1.11 bits per heavy atom. The van der Waals surface area contributed by atoms with Gasteiger partial charge in [0.15, 0.2) is 11.6 Å². The molecule has 46 heavy (non-hydrogen) atoms. The van der Waals surface area contributed by atoms with E-state index in [1.807, 2.05) is 51.1 Å². The van der Waals surface area contributed by atoms with Gasteiger partial charge in [0.05, 0.1) is 38.4 Å². The molecule has 6 rings (SSSR count). The number of rotatable bonds is 9. The number of anilines is 1. The number of nitrogens with one attached hydrogen (secondary N) is 1. The molecule has 2 atom stereocenters. The lowest BCUT2D eigenvalue weighted by molar-refractivity contribution is -0.156. The lowest BCUT2D eigenvalue weighted by atomic mass is 9.82. The van der Waals surface area contributed by atoms with Crippen LogP contribution in [0.3, 0.4) is 0 Å². The fraction of sp³-hybridized carbons (Fsp3) is 0.417. The SMILES string of the molecule is COc1ccc(CN2Cc3c(F)c(N[C@@H]4CCCC[C@@H]4CC(=O)OC(C)(C)C)nc(-c4coc5ccccc45)c3C2=O)c(OC)c1. The number of furan rings is 1. The van der Waals surface area contributed by atoms with Crippen LogP contribution >= 0.6 is 0 Å². The van der Waals surface area contributed by atoms with Crippen LogP contribution in [-0.2, 0) is 22.6 Å². The normalized spacial score (nSPS) is 18.0. The first-order valence-corrected chi connectivity index (χ1v) is 15.7. The lowest BCUT2D eigenvalue weighted by Crippen LogP contribution is -2.36. The zero-order valence-corrected chi connectivity index (χ0v) is 26.9. The van der Waals surface area contributed by atoms with Crippen molar-refractivity contribution in [2.75, 3.05) is 19.5 Å². The summed E-state index contributed by atoms with van der Waals surface area (Å²) in [5.41, 5.74) is 2.28. The number of ether oxygens (including phenoxy) is 3. The molecular formula is C36H40FN3O6. The summed E-state index contributed by atoms with van der Waals surface area (Å²) in [5.74, 6) is 0.0585. The van der Waals surface area contributed by atoms with Crippen LogP contribution in [0.5, 0.6) is 11.5 Å². The Morgan fingerprint density at radius 2 is 1.89 bits per heavy atom. The molecule has 0 radical (unpaired) electrons. The van der Waals surface area contributed by atoms with E-state index >= 15 is 4.39 Å². The van der Waals surface area contributed by atoms with Crippen molar-refractivity contribution in [2.45, 2.75) is 77.6 Å². The number of carbonyl (C=O) groups excluding carboxylic acids is 2. The Hall–Kier alpha value is -4.60. The molecule has 0 saturated heterocycles. The van der Waals surface area contributed by atoms with E-state index < -0.39 is 11.4 Å². The van der Waals surface area contributed by atoms with Crippen LogP contribution in [-0.4, -0.2) is 47.6 Å². The second-order valence-corrected chi connectivity index (χ2v) is 13.0. The van der Waals surface area contributed by atoms with Gasteiger partial charge in [-0.1, -0.05) is 31.0 Å². The Labute approximate surface area is 268 Å². The molecule has 1 fully saturated rings. The Kier molecular flexibility index (Phi) is 8.63. The Bertz CT molecular complexity index is 1780. The van der Waals surface area contributed by atoms with Gasteiger partial charge in [-0.05, 0) is 57.7 Å². The number of esters is 1. The smallest absolute Gasteiger partial charge is 0.306 e. The molecular weight excluding hydrogens is 589 g/mol. The quantitative estimate of drug-likeness (QED) is 0.190. The predicted molar refractivity (Wildman–Crippen MR) is 172 cm³/mol. The zero-order valence-electron chi connectivity index (χ0n) is 26.9. The van der Waals surface area contributed by atoms with Crippen molar-refractivity contribution in [1.29, 1.82) is 0 Å². The summed E-state index contributed by atoms with van der Waals surface area (Å²) in [5, 5.41) is 4.15. The van der Waals surface area contributed by atoms with E-state index in [4.69, 9.17) is 23.6 Å². The number of carbonyl (C=O) groups is 2. The minimum atomic E-state index is -0.584. The van der Waals surface area contributed by atoms with Crippen LogP contribution in [0.1, 0.15) is 74.4 Å². The van der Waals surface area contributed by atoms with Gasteiger partial charge in [-0.15, -0.1) is 0 Å². The molecule has 2 aromatic carbocycles. The van der Waals surface area contributed by atoms with Gasteiger partial charge in [0.1, 0.15) is 28.9 Å². The van der Waals surface area contributed by atoms with Crippen LogP contribution < -0.4 is 14.8 Å². The molecule has 1 amide bonds. The van der Waals surface area contributed by atoms with Crippen molar-refractivity contribution in [3.63, 3.8) is 0 Å². The number of hydrogen-bond acceptors (Lipinski definition) is 8. The van der Waals surface area contributed by atoms with E-state index in [0.717, 1.165) is 36.6 Å². The first-order chi connectivity index (χ1) is 22.1. The van der Waals surface area contributed by atoms with Gasteiger partial charge in [-0.2, -0.15) is 0 Å². The van der Waals surface area contributed by atoms with Gasteiger partial charge in [0, 0.05) is 40.7 Å². The van der Waals surface area contributed by atoms with Crippen LogP contribution in [0.2, 0.25) is 0 Å². The van der Waals surface area contributed by atoms with E-state index in [2.05, 4.69) is 5.32 Å². The molecule has 9 nitrogen and oxygen atoms in total. The number of para-hydroxylation sites is 1. The van der Waals surface area contributed by atoms with Crippen LogP contribution in [0.4, 0.5) is 10.2 Å². The number of pyridine rings is 1. The van der Waals surface area contributed by atoms with Gasteiger partial charge in [-0.3, -0.25) is 9.59 Å². The van der Waals surface area contributed by atoms with Crippen LogP contribution in [0.25, 0.3) is 22.2 Å². The summed E-state index contributed by atoms with van der Waals surface area (Å²) in [7, 11) is 3.13. The highest BCUT2D eigenvalue weighted by Gasteiger charge is 2.38. The summed E-state index contributed by atoms with van der Waals surface area (Å²) in [6.45, 7) is 5.81. The van der Waals surface area contributed by atoms with Crippen molar-refractivity contribution in [2.24, 2.45) is 5.92 Å². The third-order valence-electron chi connectivity index (χ3n) is 8.76. The van der Waals surface area contributed by atoms with Gasteiger partial charge >= 0.3 is 5.97 Å². The van der Waals surface area contributed by atoms with E-state index in [0.29, 0.717) is 28.3 Å². The lowest BCUT2D eigenvalue weighted by Gasteiger charge is -2.33. The average Bonchev–Trinajstić information content (AvgIpc) is 3.60. The van der Waals surface area contributed by atoms with Crippen molar-refractivity contribution in [3.05, 3.63) is 71.2 Å². The largest absolute Gasteiger partial charge is 0.497 e. The highest BCUT2D eigenvalue weighted by molar-refractivity contribution is 6.07. The third kappa shape index (κ3) is 6.25. The second-order valence-electron chi connectivity index (χ2n) is 13.0. The summed E-state index contributed by atoms with van der Waals surface area (Å²) in [4.78, 5) is 33.2. The second kappa shape index (κ2) is 12.7. The minimum absolute atomic E-state index is 0.0445. The molecule has 10 heteroatoms. The molecule has 2 aromatic heterocycles. The first-order valence-electron chi connectivity index (χ1n) is 15.7. The number of methoxy groups -OCH3 is 2. The van der Waals surface area contributed by atoms with Crippen molar-refractivity contribution >= 4 is 28.7 Å². The van der Waals surface area contributed by atoms with Crippen LogP contribution in [0.15, 0.2) is 53.1 Å². The van der Waals surface area contributed by atoms with E-state index in [1.54, 1.807) is 37.5 Å². The van der Waals surface area contributed by atoms with Gasteiger partial charge < -0.3 is 28.8 Å². The fourth-order valence-corrected chi connectivity index (χ4v) is 6.59. The van der Waals surface area contributed by atoms with Crippen LogP contribution in [0, 0.1) is 11.7 Å². The highest BCUT2D eigenvalue weighted by atomic mass is 19.1. The molecule has 1 saturated carbocycles. The maximum atomic E-state index is 16.5. The number of fused-ring (bicyclic) bond motifs is 2. The zero-order chi connectivity index (χ0) is 32.6. The van der Waals surface area contributed by atoms with Gasteiger partial charge in [0.25, 0.3) is 5.91 Å². The molecule has 0 unspecified atom stereocenters. The number of benzene rings is 2. The summed E-state index contributed by atoms with van der Waals surface area (Å²) >= 11 is 0. The molecule has 0 bridgehead atoms. The summed E-state index contributed by atoms with van der Waals surface area (Å²) in [6, 6.07) is 12.7. The fourth-order valence-electron chi connectivity index (χ4n) is 6.59. The molecule has 242 valence electrons. The minimum Gasteiger partial charge on any atom is -0.497 e. The maximum Gasteiger partial charge on any atom is 0.306 e. The molecule has 1 N–H and O–H groups in total. The number of nitrogens with zero attached hydrogens (tertiary/aromatic N) is 2. The predicted octanol–water partition coefficient (Wildman–Crippen LogP) is 7.51. The third-order valence-corrected chi connectivity index (χ3v) is 8.76. The van der Waals surface area contributed by atoms with E-state index in [-0.39, 0.29) is 60.3 Å². The maximum absolute atomic E-state index is 16.5. The molecule has 4 aromatic rings. The highest BCUT2D eigenvalue weighted by Crippen LogP contribution is 2.41. The van der Waals surface area contributed by atoms with Crippen molar-refractivity contribution < 1.29 is 32.6 Å². The Morgan fingerprint density at radius 3 is 2.65 bits per heavy atom.